The van der Waals surface area contributed by atoms with Crippen molar-refractivity contribution in [2.45, 2.75) is 39.7 Å². The third-order valence-corrected chi connectivity index (χ3v) is 5.19. The highest BCUT2D eigenvalue weighted by atomic mass is 16.5. The number of rotatable bonds is 8. The third kappa shape index (κ3) is 5.12. The van der Waals surface area contributed by atoms with Crippen molar-refractivity contribution < 1.29 is 23.8 Å². The van der Waals surface area contributed by atoms with E-state index in [2.05, 4.69) is 5.32 Å². The summed E-state index contributed by atoms with van der Waals surface area (Å²) in [6, 6.07) is 13.3. The number of carboxylic acid groups (broad SMARTS) is 1. The molecule has 0 saturated heterocycles. The Morgan fingerprint density at radius 2 is 1.81 bits per heavy atom. The Kier molecular flexibility index (Phi) is 6.74. The monoisotopic (exact) mass is 423 g/mol. The third-order valence-electron chi connectivity index (χ3n) is 5.19. The molecule has 2 N–H and O–H groups in total. The van der Waals surface area contributed by atoms with Crippen LogP contribution < -0.4 is 15.7 Å². The number of hydrogen-bond donors (Lipinski definition) is 2. The number of aliphatic carboxylic acids is 1. The first-order valence-electron chi connectivity index (χ1n) is 10.0. The first-order chi connectivity index (χ1) is 14.8. The Morgan fingerprint density at radius 3 is 2.48 bits per heavy atom. The van der Waals surface area contributed by atoms with Gasteiger partial charge in [-0.05, 0) is 44.0 Å². The normalized spacial score (nSPS) is 11.8. The van der Waals surface area contributed by atoms with E-state index in [1.165, 1.54) is 0 Å². The standard InChI is InChI=1S/C24H25NO6/c1-14-18-9-10-20(30-16(3)23(28)25-12-11-21(26)27)15(2)22(18)31-24(29)19(14)13-17-7-5-4-6-8-17/h4-10,16H,11-13H2,1-3H3,(H,25,28)(H,26,27)/t16-/m1/s1. The van der Waals surface area contributed by atoms with Crippen molar-refractivity contribution in [3.8, 4) is 5.75 Å². The lowest BCUT2D eigenvalue weighted by Crippen LogP contribution is -2.37. The fraction of sp³-hybridized carbons (Fsp3) is 0.292. The van der Waals surface area contributed by atoms with E-state index in [0.717, 1.165) is 16.5 Å². The first-order valence-corrected chi connectivity index (χ1v) is 10.0. The van der Waals surface area contributed by atoms with Crippen LogP contribution in [-0.2, 0) is 16.0 Å². The number of aryl methyl sites for hydroxylation is 2. The SMILES string of the molecule is Cc1c(Cc2ccccc2)c(=O)oc2c(C)c(O[C@H](C)C(=O)NCCC(=O)O)ccc12. The van der Waals surface area contributed by atoms with Gasteiger partial charge in [0, 0.05) is 29.5 Å². The summed E-state index contributed by atoms with van der Waals surface area (Å²) in [6.45, 7) is 5.27. The Labute approximate surface area is 179 Å². The quantitative estimate of drug-likeness (QED) is 0.538. The smallest absolute Gasteiger partial charge is 0.340 e. The van der Waals surface area contributed by atoms with Gasteiger partial charge in [-0.25, -0.2) is 4.79 Å². The summed E-state index contributed by atoms with van der Waals surface area (Å²) in [7, 11) is 0. The van der Waals surface area contributed by atoms with E-state index in [-0.39, 0.29) is 13.0 Å². The number of carboxylic acids is 1. The molecular weight excluding hydrogens is 398 g/mol. The molecule has 1 amide bonds. The molecule has 0 bridgehead atoms. The highest BCUT2D eigenvalue weighted by Crippen LogP contribution is 2.30. The molecule has 0 aliphatic rings. The molecule has 162 valence electrons. The molecular formula is C24H25NO6. The van der Waals surface area contributed by atoms with Crippen LogP contribution in [0.2, 0.25) is 0 Å². The Hall–Kier alpha value is -3.61. The number of benzene rings is 2. The largest absolute Gasteiger partial charge is 0.481 e. The zero-order valence-corrected chi connectivity index (χ0v) is 17.7. The van der Waals surface area contributed by atoms with E-state index in [9.17, 15) is 14.4 Å². The molecule has 1 aromatic heterocycles. The summed E-state index contributed by atoms with van der Waals surface area (Å²) in [5, 5.41) is 12.0. The predicted octanol–water partition coefficient (Wildman–Crippen LogP) is 3.36. The van der Waals surface area contributed by atoms with Crippen LogP contribution in [0.15, 0.2) is 51.7 Å². The molecule has 0 unspecified atom stereocenters. The summed E-state index contributed by atoms with van der Waals surface area (Å²) < 4.78 is 11.4. The van der Waals surface area contributed by atoms with Crippen LogP contribution in [0.4, 0.5) is 0 Å². The van der Waals surface area contributed by atoms with Crippen LogP contribution in [-0.4, -0.2) is 29.6 Å². The van der Waals surface area contributed by atoms with Gasteiger partial charge in [-0.3, -0.25) is 9.59 Å². The predicted molar refractivity (Wildman–Crippen MR) is 117 cm³/mol. The average molecular weight is 423 g/mol. The Balaban J connectivity index is 1.85. The number of fused-ring (bicyclic) bond motifs is 1. The lowest BCUT2D eigenvalue weighted by Gasteiger charge is -2.17. The summed E-state index contributed by atoms with van der Waals surface area (Å²) in [5.74, 6) is -0.986. The van der Waals surface area contributed by atoms with Crippen LogP contribution in [0, 0.1) is 13.8 Å². The van der Waals surface area contributed by atoms with Crippen LogP contribution >= 0.6 is 0 Å². The van der Waals surface area contributed by atoms with Crippen LogP contribution in [0.5, 0.6) is 5.75 Å². The number of ether oxygens (including phenoxy) is 1. The molecule has 0 spiro atoms. The van der Waals surface area contributed by atoms with Crippen molar-refractivity contribution >= 4 is 22.8 Å². The maximum atomic E-state index is 12.7. The van der Waals surface area contributed by atoms with Crippen LogP contribution in [0.1, 0.15) is 35.6 Å². The zero-order chi connectivity index (χ0) is 22.5. The van der Waals surface area contributed by atoms with Gasteiger partial charge < -0.3 is 19.6 Å². The van der Waals surface area contributed by atoms with E-state index >= 15 is 0 Å². The van der Waals surface area contributed by atoms with Crippen LogP contribution in [0.3, 0.4) is 0 Å². The van der Waals surface area contributed by atoms with Gasteiger partial charge in [-0.2, -0.15) is 0 Å². The molecule has 3 rings (SSSR count). The van der Waals surface area contributed by atoms with E-state index < -0.39 is 23.6 Å². The second kappa shape index (κ2) is 9.47. The molecule has 7 heteroatoms. The number of carbonyl (C=O) groups excluding carboxylic acids is 1. The fourth-order valence-electron chi connectivity index (χ4n) is 3.38. The van der Waals surface area contributed by atoms with Gasteiger partial charge in [-0.1, -0.05) is 30.3 Å². The average Bonchev–Trinajstić information content (AvgIpc) is 2.74. The van der Waals surface area contributed by atoms with E-state index in [4.69, 9.17) is 14.3 Å². The van der Waals surface area contributed by atoms with Gasteiger partial charge >= 0.3 is 11.6 Å². The van der Waals surface area contributed by atoms with E-state index in [1.807, 2.05) is 43.3 Å². The van der Waals surface area contributed by atoms with Crippen molar-refractivity contribution in [2.24, 2.45) is 0 Å². The van der Waals surface area contributed by atoms with Gasteiger partial charge in [0.2, 0.25) is 0 Å². The number of carbonyl (C=O) groups is 2. The zero-order valence-electron chi connectivity index (χ0n) is 17.7. The van der Waals surface area contributed by atoms with Gasteiger partial charge in [0.1, 0.15) is 11.3 Å². The maximum Gasteiger partial charge on any atom is 0.340 e. The highest BCUT2D eigenvalue weighted by molar-refractivity contribution is 5.86. The lowest BCUT2D eigenvalue weighted by molar-refractivity contribution is -0.137. The van der Waals surface area contributed by atoms with Crippen molar-refractivity contribution in [1.29, 1.82) is 0 Å². The molecule has 1 heterocycles. The second-order valence-corrected chi connectivity index (χ2v) is 7.42. The summed E-state index contributed by atoms with van der Waals surface area (Å²) in [4.78, 5) is 35.4. The lowest BCUT2D eigenvalue weighted by atomic mass is 9.98. The van der Waals surface area contributed by atoms with Gasteiger partial charge in [-0.15, -0.1) is 0 Å². The number of hydrogen-bond acceptors (Lipinski definition) is 5. The molecule has 0 radical (unpaired) electrons. The van der Waals surface area contributed by atoms with Crippen molar-refractivity contribution in [3.05, 3.63) is 75.1 Å². The summed E-state index contributed by atoms with van der Waals surface area (Å²) in [6.07, 6.45) is -0.519. The fourth-order valence-corrected chi connectivity index (χ4v) is 3.38. The van der Waals surface area contributed by atoms with Crippen molar-refractivity contribution in [2.75, 3.05) is 6.54 Å². The highest BCUT2D eigenvalue weighted by Gasteiger charge is 2.19. The molecule has 0 fully saturated rings. The minimum Gasteiger partial charge on any atom is -0.481 e. The minimum atomic E-state index is -0.990. The number of nitrogens with one attached hydrogen (secondary N) is 1. The molecule has 31 heavy (non-hydrogen) atoms. The molecule has 0 aliphatic carbocycles. The van der Waals surface area contributed by atoms with Crippen molar-refractivity contribution in [1.82, 2.24) is 5.32 Å². The first kappa shape index (κ1) is 22.1. The Morgan fingerprint density at radius 1 is 1.10 bits per heavy atom. The summed E-state index contributed by atoms with van der Waals surface area (Å²) >= 11 is 0. The molecule has 7 nitrogen and oxygen atoms in total. The maximum absolute atomic E-state index is 12.7. The van der Waals surface area contributed by atoms with E-state index in [1.54, 1.807) is 19.9 Å². The number of amides is 1. The van der Waals surface area contributed by atoms with Gasteiger partial charge in [0.15, 0.2) is 6.10 Å². The molecule has 3 aromatic rings. The Bertz CT molecular complexity index is 1170. The van der Waals surface area contributed by atoms with Crippen molar-refractivity contribution in [3.63, 3.8) is 0 Å². The summed E-state index contributed by atoms with van der Waals surface area (Å²) in [5.41, 5.74) is 3.14. The molecule has 1 atom stereocenters. The second-order valence-electron chi connectivity index (χ2n) is 7.42. The topological polar surface area (TPSA) is 106 Å². The van der Waals surface area contributed by atoms with E-state index in [0.29, 0.717) is 28.9 Å². The molecule has 0 saturated carbocycles. The minimum absolute atomic E-state index is 0.0246. The van der Waals surface area contributed by atoms with Crippen LogP contribution in [0.25, 0.3) is 11.0 Å². The van der Waals surface area contributed by atoms with Gasteiger partial charge in [0.25, 0.3) is 5.91 Å². The molecule has 2 aromatic carbocycles. The van der Waals surface area contributed by atoms with Gasteiger partial charge in [0.05, 0.1) is 6.42 Å². The molecule has 0 aliphatic heterocycles.